The van der Waals surface area contributed by atoms with E-state index in [0.717, 1.165) is 10.5 Å². The fourth-order valence-corrected chi connectivity index (χ4v) is 3.23. The van der Waals surface area contributed by atoms with Crippen molar-refractivity contribution in [2.45, 2.75) is 31.3 Å². The fourth-order valence-electron chi connectivity index (χ4n) is 3.03. The van der Waals surface area contributed by atoms with E-state index in [2.05, 4.69) is 0 Å². The second-order valence-corrected chi connectivity index (χ2v) is 6.59. The van der Waals surface area contributed by atoms with Crippen LogP contribution in [-0.2, 0) is 17.8 Å². The van der Waals surface area contributed by atoms with E-state index in [1.165, 1.54) is 12.1 Å². The summed E-state index contributed by atoms with van der Waals surface area (Å²) < 4.78 is 33.4. The van der Waals surface area contributed by atoms with Crippen LogP contribution < -0.4 is 0 Å². The van der Waals surface area contributed by atoms with Crippen LogP contribution in [0.25, 0.3) is 0 Å². The van der Waals surface area contributed by atoms with Gasteiger partial charge in [-0.3, -0.25) is 4.90 Å². The Kier molecular flexibility index (Phi) is 5.74. The Hall–Kier alpha value is -2.18. The molecule has 1 saturated heterocycles. The van der Waals surface area contributed by atoms with Gasteiger partial charge >= 0.3 is 6.09 Å². The molecule has 0 bridgehead atoms. The first-order valence-corrected chi connectivity index (χ1v) is 8.57. The van der Waals surface area contributed by atoms with E-state index in [0.29, 0.717) is 0 Å². The average Bonchev–Trinajstić information content (AvgIpc) is 2.93. The Balaban J connectivity index is 1.72. The van der Waals surface area contributed by atoms with Gasteiger partial charge in [-0.05, 0) is 23.6 Å². The van der Waals surface area contributed by atoms with E-state index < -0.39 is 30.2 Å². The minimum Gasteiger partial charge on any atom is -0.445 e. The van der Waals surface area contributed by atoms with Crippen molar-refractivity contribution in [2.24, 2.45) is 0 Å². The summed E-state index contributed by atoms with van der Waals surface area (Å²) in [7, 11) is 0. The van der Waals surface area contributed by atoms with Crippen LogP contribution in [0.5, 0.6) is 0 Å². The molecule has 0 spiro atoms. The molecule has 1 aliphatic heterocycles. The minimum atomic E-state index is -1.62. The molecular weight excluding hydrogens is 364 g/mol. The Morgan fingerprint density at radius 1 is 1.23 bits per heavy atom. The van der Waals surface area contributed by atoms with Crippen LogP contribution in [0.15, 0.2) is 48.5 Å². The second-order valence-electron chi connectivity index (χ2n) is 6.18. The number of halogens is 3. The van der Waals surface area contributed by atoms with Crippen molar-refractivity contribution in [3.05, 3.63) is 70.5 Å². The van der Waals surface area contributed by atoms with E-state index in [4.69, 9.17) is 16.3 Å². The van der Waals surface area contributed by atoms with E-state index in [1.807, 2.05) is 18.2 Å². The van der Waals surface area contributed by atoms with Crippen molar-refractivity contribution in [1.82, 2.24) is 4.90 Å². The number of alkyl halides is 1. The lowest BCUT2D eigenvalue weighted by atomic mass is 10.0. The van der Waals surface area contributed by atoms with E-state index in [9.17, 15) is 18.7 Å². The van der Waals surface area contributed by atoms with Crippen molar-refractivity contribution in [3.8, 4) is 0 Å². The van der Waals surface area contributed by atoms with Crippen molar-refractivity contribution in [3.63, 3.8) is 0 Å². The predicted octanol–water partition coefficient (Wildman–Crippen LogP) is 3.74. The summed E-state index contributed by atoms with van der Waals surface area (Å²) >= 11 is 5.76. The predicted molar refractivity (Wildman–Crippen MR) is 93.1 cm³/mol. The van der Waals surface area contributed by atoms with Crippen molar-refractivity contribution < 1.29 is 23.4 Å². The molecule has 2 aromatic carbocycles. The SMILES string of the molecule is O=C(OCc1ccccc1)N1C[C@H](F)[C@@H](O)[C@@H]1Cc1cccc(Cl)c1F. The maximum Gasteiger partial charge on any atom is 0.410 e. The molecule has 138 valence electrons. The van der Waals surface area contributed by atoms with Gasteiger partial charge in [0.2, 0.25) is 0 Å². The maximum absolute atomic E-state index is 14.1. The lowest BCUT2D eigenvalue weighted by Crippen LogP contribution is -2.41. The van der Waals surface area contributed by atoms with Gasteiger partial charge in [0.05, 0.1) is 17.6 Å². The van der Waals surface area contributed by atoms with Crippen molar-refractivity contribution >= 4 is 17.7 Å². The first kappa shape index (κ1) is 18.6. The number of carbonyl (C=O) groups excluding carboxylic acids is 1. The third-order valence-corrected chi connectivity index (χ3v) is 4.73. The zero-order valence-corrected chi connectivity index (χ0v) is 14.6. The smallest absolute Gasteiger partial charge is 0.410 e. The number of hydrogen-bond donors (Lipinski definition) is 1. The third-order valence-electron chi connectivity index (χ3n) is 4.44. The molecule has 3 rings (SSSR count). The largest absolute Gasteiger partial charge is 0.445 e. The highest BCUT2D eigenvalue weighted by molar-refractivity contribution is 6.30. The van der Waals surface area contributed by atoms with Crippen LogP contribution in [0.2, 0.25) is 5.02 Å². The van der Waals surface area contributed by atoms with Crippen LogP contribution >= 0.6 is 11.6 Å². The van der Waals surface area contributed by atoms with E-state index in [1.54, 1.807) is 18.2 Å². The zero-order chi connectivity index (χ0) is 18.7. The quantitative estimate of drug-likeness (QED) is 0.877. The van der Waals surface area contributed by atoms with E-state index >= 15 is 0 Å². The van der Waals surface area contributed by atoms with Crippen LogP contribution in [0, 0.1) is 5.82 Å². The molecule has 0 unspecified atom stereocenters. The minimum absolute atomic E-state index is 0.0292. The maximum atomic E-state index is 14.1. The number of rotatable bonds is 4. The molecular formula is C19H18ClF2NO3. The molecule has 0 aromatic heterocycles. The summed E-state index contributed by atoms with van der Waals surface area (Å²) in [6.07, 6.45) is -3.85. The lowest BCUT2D eigenvalue weighted by molar-refractivity contribution is 0.0631. The summed E-state index contributed by atoms with van der Waals surface area (Å²) in [6.45, 7) is -0.275. The van der Waals surface area contributed by atoms with Gasteiger partial charge in [0.15, 0.2) is 0 Å². The molecule has 1 amide bonds. The lowest BCUT2D eigenvalue weighted by Gasteiger charge is -2.25. The number of nitrogens with zero attached hydrogens (tertiary/aromatic N) is 1. The second kappa shape index (κ2) is 8.01. The standard InChI is InChI=1S/C19H18ClF2NO3/c20-14-8-4-7-13(17(14)22)9-16-18(24)15(21)10-23(16)19(25)26-11-12-5-2-1-3-6-12/h1-8,15-16,18,24H,9-11H2/t15-,16-,18+/m0/s1. The highest BCUT2D eigenvalue weighted by Gasteiger charge is 2.44. The summed E-state index contributed by atoms with van der Waals surface area (Å²) in [6, 6.07) is 12.6. The number of ether oxygens (including phenoxy) is 1. The highest BCUT2D eigenvalue weighted by Crippen LogP contribution is 2.28. The van der Waals surface area contributed by atoms with Crippen LogP contribution in [0.4, 0.5) is 13.6 Å². The molecule has 1 heterocycles. The van der Waals surface area contributed by atoms with Gasteiger partial charge in [-0.2, -0.15) is 0 Å². The normalized spacial score (nSPS) is 22.5. The number of amides is 1. The molecule has 2 aromatic rings. The number of likely N-dealkylation sites (tertiary alicyclic amines) is 1. The van der Waals surface area contributed by atoms with Gasteiger partial charge in [0, 0.05) is 0 Å². The molecule has 7 heteroatoms. The Labute approximate surface area is 155 Å². The molecule has 0 aliphatic carbocycles. The fraction of sp³-hybridized carbons (Fsp3) is 0.316. The number of hydrogen-bond acceptors (Lipinski definition) is 3. The average molecular weight is 382 g/mol. The van der Waals surface area contributed by atoms with Gasteiger partial charge in [0.1, 0.15) is 24.7 Å². The molecule has 1 aliphatic rings. The molecule has 3 atom stereocenters. The van der Waals surface area contributed by atoms with Gasteiger partial charge in [-0.15, -0.1) is 0 Å². The molecule has 26 heavy (non-hydrogen) atoms. The molecule has 0 radical (unpaired) electrons. The molecule has 0 saturated carbocycles. The zero-order valence-electron chi connectivity index (χ0n) is 13.8. The first-order valence-electron chi connectivity index (χ1n) is 8.19. The monoisotopic (exact) mass is 381 g/mol. The highest BCUT2D eigenvalue weighted by atomic mass is 35.5. The summed E-state index contributed by atoms with van der Waals surface area (Å²) in [5.74, 6) is -0.638. The first-order chi connectivity index (χ1) is 12.5. The number of carbonyl (C=O) groups is 1. The number of benzene rings is 2. The van der Waals surface area contributed by atoms with E-state index in [-0.39, 0.29) is 30.2 Å². The van der Waals surface area contributed by atoms with Gasteiger partial charge in [-0.1, -0.05) is 54.1 Å². The Morgan fingerprint density at radius 3 is 2.69 bits per heavy atom. The van der Waals surface area contributed by atoms with Crippen LogP contribution in [-0.4, -0.2) is 41.0 Å². The van der Waals surface area contributed by atoms with Gasteiger partial charge < -0.3 is 9.84 Å². The third kappa shape index (κ3) is 3.97. The number of aliphatic hydroxyl groups is 1. The summed E-state index contributed by atoms with van der Waals surface area (Å²) in [4.78, 5) is 13.5. The molecule has 1 N–H and O–H groups in total. The summed E-state index contributed by atoms with van der Waals surface area (Å²) in [5.41, 5.74) is 0.992. The summed E-state index contributed by atoms with van der Waals surface area (Å²) in [5, 5.41) is 10.0. The molecule has 1 fully saturated rings. The van der Waals surface area contributed by atoms with Crippen LogP contribution in [0.3, 0.4) is 0 Å². The van der Waals surface area contributed by atoms with Crippen LogP contribution in [0.1, 0.15) is 11.1 Å². The van der Waals surface area contributed by atoms with Gasteiger partial charge in [-0.25, -0.2) is 13.6 Å². The Bertz CT molecular complexity index is 775. The van der Waals surface area contributed by atoms with Crippen molar-refractivity contribution in [1.29, 1.82) is 0 Å². The Morgan fingerprint density at radius 2 is 1.96 bits per heavy atom. The number of aliphatic hydroxyl groups excluding tert-OH is 1. The molecule has 4 nitrogen and oxygen atoms in total. The van der Waals surface area contributed by atoms with Gasteiger partial charge in [0.25, 0.3) is 0 Å². The van der Waals surface area contributed by atoms with Crippen molar-refractivity contribution in [2.75, 3.05) is 6.54 Å². The topological polar surface area (TPSA) is 49.8 Å².